The number of piperidine rings is 1. The minimum absolute atomic E-state index is 0.222. The Labute approximate surface area is 95.5 Å². The number of hydrogen-bond donors (Lipinski definition) is 0. The maximum Gasteiger partial charge on any atom is 0.150 e. The quantitative estimate of drug-likeness (QED) is 0.687. The second-order valence-electron chi connectivity index (χ2n) is 4.19. The Balaban J connectivity index is 2.15. The molecule has 1 aliphatic rings. The van der Waals surface area contributed by atoms with Crippen LogP contribution in [-0.2, 0) is 0 Å². The SMILES string of the molecule is Cc1nccnc1N1CCC(C)C(Cl)C1. The molecule has 0 bridgehead atoms. The third kappa shape index (κ3) is 2.23. The van der Waals surface area contributed by atoms with Crippen molar-refractivity contribution in [2.45, 2.75) is 25.6 Å². The van der Waals surface area contributed by atoms with Gasteiger partial charge in [-0.1, -0.05) is 6.92 Å². The zero-order valence-corrected chi connectivity index (χ0v) is 9.91. The molecular weight excluding hydrogens is 210 g/mol. The first-order chi connectivity index (χ1) is 7.18. The highest BCUT2D eigenvalue weighted by Gasteiger charge is 2.25. The first kappa shape index (κ1) is 10.7. The molecule has 1 aliphatic heterocycles. The van der Waals surface area contributed by atoms with Crippen molar-refractivity contribution in [2.24, 2.45) is 5.92 Å². The van der Waals surface area contributed by atoms with Gasteiger partial charge in [0.1, 0.15) is 5.82 Å². The van der Waals surface area contributed by atoms with Crippen LogP contribution in [0, 0.1) is 12.8 Å². The van der Waals surface area contributed by atoms with Gasteiger partial charge in [0.15, 0.2) is 0 Å². The van der Waals surface area contributed by atoms with Crippen LogP contribution in [0.5, 0.6) is 0 Å². The summed E-state index contributed by atoms with van der Waals surface area (Å²) < 4.78 is 0. The lowest BCUT2D eigenvalue weighted by Gasteiger charge is -2.35. The summed E-state index contributed by atoms with van der Waals surface area (Å²) in [6, 6.07) is 0. The van der Waals surface area contributed by atoms with E-state index < -0.39 is 0 Å². The predicted octanol–water partition coefficient (Wildman–Crippen LogP) is 2.24. The van der Waals surface area contributed by atoms with Crippen LogP contribution in [0.1, 0.15) is 19.0 Å². The van der Waals surface area contributed by atoms with Crippen LogP contribution in [0.3, 0.4) is 0 Å². The molecule has 1 aromatic heterocycles. The van der Waals surface area contributed by atoms with E-state index in [1.165, 1.54) is 0 Å². The summed E-state index contributed by atoms with van der Waals surface area (Å²) in [6.07, 6.45) is 4.59. The highest BCUT2D eigenvalue weighted by Crippen LogP contribution is 2.25. The molecule has 0 radical (unpaired) electrons. The fourth-order valence-electron chi connectivity index (χ4n) is 1.93. The van der Waals surface area contributed by atoms with Gasteiger partial charge in [-0.05, 0) is 19.3 Å². The molecule has 2 atom stereocenters. The molecule has 4 heteroatoms. The standard InChI is InChI=1S/C11H16ClN3/c1-8-3-6-15(7-10(8)12)11-9(2)13-4-5-14-11/h4-5,8,10H,3,6-7H2,1-2H3. The number of nitrogens with zero attached hydrogens (tertiary/aromatic N) is 3. The fourth-order valence-corrected chi connectivity index (χ4v) is 2.22. The van der Waals surface area contributed by atoms with E-state index in [1.54, 1.807) is 12.4 Å². The Bertz CT molecular complexity index is 342. The van der Waals surface area contributed by atoms with E-state index >= 15 is 0 Å². The number of alkyl halides is 1. The number of aryl methyl sites for hydroxylation is 1. The zero-order valence-electron chi connectivity index (χ0n) is 9.15. The number of halogens is 1. The van der Waals surface area contributed by atoms with Gasteiger partial charge in [-0.3, -0.25) is 4.98 Å². The molecule has 0 aliphatic carbocycles. The monoisotopic (exact) mass is 225 g/mol. The van der Waals surface area contributed by atoms with E-state index in [0.717, 1.165) is 31.0 Å². The lowest BCUT2D eigenvalue weighted by molar-refractivity contribution is 0.443. The van der Waals surface area contributed by atoms with Crippen molar-refractivity contribution in [1.82, 2.24) is 9.97 Å². The van der Waals surface area contributed by atoms with Gasteiger partial charge in [-0.25, -0.2) is 4.98 Å². The molecule has 1 fully saturated rings. The van der Waals surface area contributed by atoms with Gasteiger partial charge < -0.3 is 4.90 Å². The fraction of sp³-hybridized carbons (Fsp3) is 0.636. The van der Waals surface area contributed by atoms with Crippen LogP contribution in [0.2, 0.25) is 0 Å². The Morgan fingerprint density at radius 3 is 2.80 bits per heavy atom. The summed E-state index contributed by atoms with van der Waals surface area (Å²) in [7, 11) is 0. The highest BCUT2D eigenvalue weighted by molar-refractivity contribution is 6.21. The molecule has 15 heavy (non-hydrogen) atoms. The van der Waals surface area contributed by atoms with Gasteiger partial charge in [0.2, 0.25) is 0 Å². The number of aromatic nitrogens is 2. The summed E-state index contributed by atoms with van der Waals surface area (Å²) >= 11 is 6.27. The van der Waals surface area contributed by atoms with E-state index in [1.807, 2.05) is 6.92 Å². The molecule has 1 saturated heterocycles. The smallest absolute Gasteiger partial charge is 0.150 e. The molecule has 2 rings (SSSR count). The Morgan fingerprint density at radius 2 is 2.13 bits per heavy atom. The van der Waals surface area contributed by atoms with E-state index in [2.05, 4.69) is 21.8 Å². The Kier molecular flexibility index (Phi) is 3.10. The summed E-state index contributed by atoms with van der Waals surface area (Å²) in [4.78, 5) is 10.9. The zero-order chi connectivity index (χ0) is 10.8. The topological polar surface area (TPSA) is 29.0 Å². The Hall–Kier alpha value is -0.830. The van der Waals surface area contributed by atoms with Crippen LogP contribution in [0.4, 0.5) is 5.82 Å². The molecule has 2 heterocycles. The number of anilines is 1. The average molecular weight is 226 g/mol. The first-order valence-electron chi connectivity index (χ1n) is 5.35. The maximum absolute atomic E-state index is 6.27. The molecule has 0 saturated carbocycles. The van der Waals surface area contributed by atoms with Crippen LogP contribution < -0.4 is 4.90 Å². The molecular formula is C11H16ClN3. The van der Waals surface area contributed by atoms with Gasteiger partial charge in [-0.2, -0.15) is 0 Å². The van der Waals surface area contributed by atoms with Crippen molar-refractivity contribution < 1.29 is 0 Å². The molecule has 0 amide bonds. The molecule has 1 aromatic rings. The molecule has 0 N–H and O–H groups in total. The van der Waals surface area contributed by atoms with Crippen molar-refractivity contribution in [3.05, 3.63) is 18.1 Å². The van der Waals surface area contributed by atoms with Crippen LogP contribution >= 0.6 is 11.6 Å². The van der Waals surface area contributed by atoms with E-state index in [0.29, 0.717) is 5.92 Å². The Morgan fingerprint density at radius 1 is 1.40 bits per heavy atom. The van der Waals surface area contributed by atoms with Gasteiger partial charge in [0.05, 0.1) is 11.1 Å². The summed E-state index contributed by atoms with van der Waals surface area (Å²) in [6.45, 7) is 6.11. The minimum atomic E-state index is 0.222. The van der Waals surface area contributed by atoms with Gasteiger partial charge in [-0.15, -0.1) is 11.6 Å². The van der Waals surface area contributed by atoms with Gasteiger partial charge >= 0.3 is 0 Å². The summed E-state index contributed by atoms with van der Waals surface area (Å²) in [5, 5.41) is 0.222. The largest absolute Gasteiger partial charge is 0.354 e. The van der Waals surface area contributed by atoms with Crippen molar-refractivity contribution in [3.8, 4) is 0 Å². The van der Waals surface area contributed by atoms with E-state index in [9.17, 15) is 0 Å². The van der Waals surface area contributed by atoms with Crippen molar-refractivity contribution in [2.75, 3.05) is 18.0 Å². The van der Waals surface area contributed by atoms with Crippen LogP contribution in [-0.4, -0.2) is 28.4 Å². The molecule has 0 spiro atoms. The minimum Gasteiger partial charge on any atom is -0.354 e. The first-order valence-corrected chi connectivity index (χ1v) is 5.78. The normalized spacial score (nSPS) is 26.7. The molecule has 82 valence electrons. The lowest BCUT2D eigenvalue weighted by Crippen LogP contribution is -2.41. The molecule has 3 nitrogen and oxygen atoms in total. The van der Waals surface area contributed by atoms with E-state index in [-0.39, 0.29) is 5.38 Å². The molecule has 2 unspecified atom stereocenters. The summed E-state index contributed by atoms with van der Waals surface area (Å²) in [5.41, 5.74) is 0.982. The highest BCUT2D eigenvalue weighted by atomic mass is 35.5. The van der Waals surface area contributed by atoms with Crippen molar-refractivity contribution >= 4 is 17.4 Å². The van der Waals surface area contributed by atoms with Crippen molar-refractivity contribution in [3.63, 3.8) is 0 Å². The number of hydrogen-bond acceptors (Lipinski definition) is 3. The van der Waals surface area contributed by atoms with Gasteiger partial charge in [0.25, 0.3) is 0 Å². The maximum atomic E-state index is 6.27. The van der Waals surface area contributed by atoms with Crippen LogP contribution in [0.15, 0.2) is 12.4 Å². The van der Waals surface area contributed by atoms with Crippen LogP contribution in [0.25, 0.3) is 0 Å². The van der Waals surface area contributed by atoms with Gasteiger partial charge in [0, 0.05) is 25.5 Å². The van der Waals surface area contributed by atoms with Crippen molar-refractivity contribution in [1.29, 1.82) is 0 Å². The second-order valence-corrected chi connectivity index (χ2v) is 4.75. The lowest BCUT2D eigenvalue weighted by atomic mass is 9.98. The number of rotatable bonds is 1. The van der Waals surface area contributed by atoms with E-state index in [4.69, 9.17) is 11.6 Å². The third-order valence-corrected chi connectivity index (χ3v) is 3.59. The third-order valence-electron chi connectivity index (χ3n) is 3.02. The molecule has 0 aromatic carbocycles. The predicted molar refractivity (Wildman–Crippen MR) is 62.4 cm³/mol. The second kappa shape index (κ2) is 4.35. The summed E-state index contributed by atoms with van der Waals surface area (Å²) in [5.74, 6) is 1.58. The average Bonchev–Trinajstić information content (AvgIpc) is 2.23.